The molecule has 0 amide bonds. The maximum atomic E-state index is 5.33. The molecule has 0 fully saturated rings. The highest BCUT2D eigenvalue weighted by Crippen LogP contribution is 2.30. The van der Waals surface area contributed by atoms with E-state index in [2.05, 4.69) is 10.1 Å². The Morgan fingerprint density at radius 1 is 1.18 bits per heavy atom. The molecule has 0 bridgehead atoms. The molecule has 1 aromatic carbocycles. The number of hydrogen-bond acceptors (Lipinski definition) is 6. The Balaban J connectivity index is 1.82. The SMILES string of the molecule is COc1ccc(Cc2nc(-c3cnoc3C)cs2)cc1OC. The van der Waals surface area contributed by atoms with Gasteiger partial charge in [-0.3, -0.25) is 0 Å². The largest absolute Gasteiger partial charge is 0.493 e. The van der Waals surface area contributed by atoms with Crippen molar-refractivity contribution in [2.75, 3.05) is 14.2 Å². The van der Waals surface area contributed by atoms with Crippen molar-refractivity contribution in [3.8, 4) is 22.8 Å². The Morgan fingerprint density at radius 2 is 2.00 bits per heavy atom. The van der Waals surface area contributed by atoms with E-state index in [0.29, 0.717) is 0 Å². The molecule has 0 radical (unpaired) electrons. The maximum Gasteiger partial charge on any atom is 0.160 e. The second kappa shape index (κ2) is 6.19. The molecule has 0 saturated carbocycles. The van der Waals surface area contributed by atoms with Gasteiger partial charge in [0.05, 0.1) is 36.7 Å². The first-order chi connectivity index (χ1) is 10.7. The summed E-state index contributed by atoms with van der Waals surface area (Å²) in [5.41, 5.74) is 2.97. The summed E-state index contributed by atoms with van der Waals surface area (Å²) in [6.45, 7) is 1.88. The van der Waals surface area contributed by atoms with Gasteiger partial charge in [-0.05, 0) is 24.6 Å². The van der Waals surface area contributed by atoms with Gasteiger partial charge in [-0.15, -0.1) is 11.3 Å². The van der Waals surface area contributed by atoms with Crippen LogP contribution in [0.1, 0.15) is 16.3 Å². The monoisotopic (exact) mass is 316 g/mol. The Hall–Kier alpha value is -2.34. The van der Waals surface area contributed by atoms with Gasteiger partial charge in [0.15, 0.2) is 11.5 Å². The van der Waals surface area contributed by atoms with Crippen LogP contribution >= 0.6 is 11.3 Å². The molecule has 5 nitrogen and oxygen atoms in total. The van der Waals surface area contributed by atoms with Crippen molar-refractivity contribution >= 4 is 11.3 Å². The molecule has 0 N–H and O–H groups in total. The van der Waals surface area contributed by atoms with Crippen molar-refractivity contribution < 1.29 is 14.0 Å². The van der Waals surface area contributed by atoms with Crippen LogP contribution in [-0.2, 0) is 6.42 Å². The van der Waals surface area contributed by atoms with Gasteiger partial charge in [-0.1, -0.05) is 11.2 Å². The maximum absolute atomic E-state index is 5.33. The summed E-state index contributed by atoms with van der Waals surface area (Å²) in [6.07, 6.45) is 2.44. The van der Waals surface area contributed by atoms with Gasteiger partial charge in [0, 0.05) is 11.8 Å². The Labute approximate surface area is 132 Å². The van der Waals surface area contributed by atoms with Crippen LogP contribution in [0.4, 0.5) is 0 Å². The van der Waals surface area contributed by atoms with Gasteiger partial charge < -0.3 is 14.0 Å². The van der Waals surface area contributed by atoms with Crippen molar-refractivity contribution in [1.82, 2.24) is 10.1 Å². The van der Waals surface area contributed by atoms with Gasteiger partial charge in [-0.2, -0.15) is 0 Å². The number of nitrogens with zero attached hydrogens (tertiary/aromatic N) is 2. The number of benzene rings is 1. The molecule has 114 valence electrons. The molecule has 2 aromatic heterocycles. The number of rotatable bonds is 5. The van der Waals surface area contributed by atoms with E-state index in [9.17, 15) is 0 Å². The second-order valence-corrected chi connectivity index (χ2v) is 5.73. The zero-order chi connectivity index (χ0) is 15.5. The third-order valence-electron chi connectivity index (χ3n) is 3.38. The highest BCUT2D eigenvalue weighted by Gasteiger charge is 2.12. The number of hydrogen-bond donors (Lipinski definition) is 0. The third-order valence-corrected chi connectivity index (χ3v) is 4.23. The molecule has 0 spiro atoms. The minimum atomic E-state index is 0.728. The van der Waals surface area contributed by atoms with E-state index in [1.807, 2.05) is 30.5 Å². The minimum absolute atomic E-state index is 0.728. The van der Waals surface area contributed by atoms with E-state index in [0.717, 1.165) is 45.5 Å². The highest BCUT2D eigenvalue weighted by molar-refractivity contribution is 7.10. The average molecular weight is 316 g/mol. The van der Waals surface area contributed by atoms with E-state index in [-0.39, 0.29) is 0 Å². The fraction of sp³-hybridized carbons (Fsp3) is 0.250. The van der Waals surface area contributed by atoms with Crippen molar-refractivity contribution in [1.29, 1.82) is 0 Å². The fourth-order valence-corrected chi connectivity index (χ4v) is 3.05. The quantitative estimate of drug-likeness (QED) is 0.718. The second-order valence-electron chi connectivity index (χ2n) is 4.79. The molecular weight excluding hydrogens is 300 g/mol. The van der Waals surface area contributed by atoms with E-state index in [1.54, 1.807) is 31.8 Å². The molecule has 0 atom stereocenters. The molecule has 22 heavy (non-hydrogen) atoms. The van der Waals surface area contributed by atoms with E-state index in [1.165, 1.54) is 0 Å². The number of thiazole rings is 1. The molecule has 0 unspecified atom stereocenters. The van der Waals surface area contributed by atoms with Crippen LogP contribution in [-0.4, -0.2) is 24.4 Å². The topological polar surface area (TPSA) is 57.4 Å². The number of aryl methyl sites for hydroxylation is 1. The molecule has 3 rings (SSSR count). The first kappa shape index (κ1) is 14.6. The molecule has 0 saturated heterocycles. The predicted molar refractivity (Wildman–Crippen MR) is 84.7 cm³/mol. The smallest absolute Gasteiger partial charge is 0.160 e. The molecule has 6 heteroatoms. The zero-order valence-electron chi connectivity index (χ0n) is 12.6. The Bertz CT molecular complexity index is 779. The predicted octanol–water partition coefficient (Wildman–Crippen LogP) is 3.71. The van der Waals surface area contributed by atoms with Crippen LogP contribution in [0.15, 0.2) is 34.3 Å². The van der Waals surface area contributed by atoms with Gasteiger partial charge in [-0.25, -0.2) is 4.98 Å². The van der Waals surface area contributed by atoms with Gasteiger partial charge >= 0.3 is 0 Å². The van der Waals surface area contributed by atoms with Crippen LogP contribution in [0, 0.1) is 6.92 Å². The highest BCUT2D eigenvalue weighted by atomic mass is 32.1. The van der Waals surface area contributed by atoms with E-state index >= 15 is 0 Å². The number of ether oxygens (including phenoxy) is 2. The van der Waals surface area contributed by atoms with Crippen molar-refractivity contribution in [2.24, 2.45) is 0 Å². The summed E-state index contributed by atoms with van der Waals surface area (Å²) in [4.78, 5) is 4.65. The van der Waals surface area contributed by atoms with Crippen LogP contribution in [0.2, 0.25) is 0 Å². The Morgan fingerprint density at radius 3 is 2.68 bits per heavy atom. The van der Waals surface area contributed by atoms with Crippen LogP contribution < -0.4 is 9.47 Å². The van der Waals surface area contributed by atoms with Crippen molar-refractivity contribution in [3.05, 3.63) is 46.1 Å². The zero-order valence-corrected chi connectivity index (χ0v) is 13.4. The molecule has 0 aliphatic carbocycles. The lowest BCUT2D eigenvalue weighted by atomic mass is 10.1. The van der Waals surface area contributed by atoms with Crippen LogP contribution in [0.25, 0.3) is 11.3 Å². The van der Waals surface area contributed by atoms with E-state index in [4.69, 9.17) is 14.0 Å². The van der Waals surface area contributed by atoms with Gasteiger partial charge in [0.25, 0.3) is 0 Å². The van der Waals surface area contributed by atoms with Crippen molar-refractivity contribution in [2.45, 2.75) is 13.3 Å². The number of methoxy groups -OCH3 is 2. The summed E-state index contributed by atoms with van der Waals surface area (Å²) in [6, 6.07) is 5.91. The van der Waals surface area contributed by atoms with Crippen molar-refractivity contribution in [3.63, 3.8) is 0 Å². The lowest BCUT2D eigenvalue weighted by molar-refractivity contribution is 0.354. The summed E-state index contributed by atoms with van der Waals surface area (Å²) in [5, 5.41) is 6.85. The summed E-state index contributed by atoms with van der Waals surface area (Å²) in [7, 11) is 3.27. The summed E-state index contributed by atoms with van der Waals surface area (Å²) < 4.78 is 15.7. The Kier molecular flexibility index (Phi) is 4.11. The average Bonchev–Trinajstić information content (AvgIpc) is 3.15. The first-order valence-corrected chi connectivity index (χ1v) is 7.66. The number of aromatic nitrogens is 2. The van der Waals surface area contributed by atoms with Gasteiger partial charge in [0.2, 0.25) is 0 Å². The first-order valence-electron chi connectivity index (χ1n) is 6.78. The lowest BCUT2D eigenvalue weighted by Gasteiger charge is -2.08. The minimum Gasteiger partial charge on any atom is -0.493 e. The standard InChI is InChI=1S/C16H16N2O3S/c1-10-12(8-17-21-10)13-9-22-16(18-13)7-11-4-5-14(19-2)15(6-11)20-3/h4-6,8-9H,7H2,1-3H3. The normalized spacial score (nSPS) is 10.7. The molecule has 0 aliphatic heterocycles. The van der Waals surface area contributed by atoms with E-state index < -0.39 is 0 Å². The van der Waals surface area contributed by atoms with Gasteiger partial charge in [0.1, 0.15) is 5.76 Å². The summed E-state index contributed by atoms with van der Waals surface area (Å²) >= 11 is 1.62. The van der Waals surface area contributed by atoms with Crippen LogP contribution in [0.3, 0.4) is 0 Å². The summed E-state index contributed by atoms with van der Waals surface area (Å²) in [5.74, 6) is 2.24. The molecule has 0 aliphatic rings. The molecule has 3 aromatic rings. The third kappa shape index (κ3) is 2.82. The fourth-order valence-electron chi connectivity index (χ4n) is 2.23. The lowest BCUT2D eigenvalue weighted by Crippen LogP contribution is -1.93. The molecular formula is C16H16N2O3S. The molecule has 2 heterocycles. The van der Waals surface area contributed by atoms with Crippen LogP contribution in [0.5, 0.6) is 11.5 Å².